The molecule has 2 rings (SSSR count). The van der Waals surface area contributed by atoms with Crippen molar-refractivity contribution < 1.29 is 19.2 Å². The SMILES string of the molecule is COc1cc(C(=O)NCc2ccc(Cl)nc2)c([N+](=O)[O-])cc1OC. The minimum absolute atomic E-state index is 0.125. The van der Waals surface area contributed by atoms with Crippen LogP contribution in [0.15, 0.2) is 30.5 Å². The van der Waals surface area contributed by atoms with Gasteiger partial charge in [0.1, 0.15) is 10.7 Å². The molecular formula is C15H14ClN3O5. The van der Waals surface area contributed by atoms with E-state index in [2.05, 4.69) is 10.3 Å². The fourth-order valence-electron chi connectivity index (χ4n) is 1.99. The summed E-state index contributed by atoms with van der Waals surface area (Å²) in [5.41, 5.74) is 0.204. The summed E-state index contributed by atoms with van der Waals surface area (Å²) in [4.78, 5) is 26.8. The molecule has 0 aliphatic heterocycles. The first-order valence-corrected chi connectivity index (χ1v) is 7.13. The average molecular weight is 352 g/mol. The lowest BCUT2D eigenvalue weighted by Gasteiger charge is -2.11. The summed E-state index contributed by atoms with van der Waals surface area (Å²) in [6.45, 7) is 0.147. The van der Waals surface area contributed by atoms with E-state index in [1.807, 2.05) is 0 Å². The number of carbonyl (C=O) groups excluding carboxylic acids is 1. The van der Waals surface area contributed by atoms with Gasteiger partial charge in [0, 0.05) is 18.8 Å². The number of pyridine rings is 1. The third kappa shape index (κ3) is 3.90. The minimum Gasteiger partial charge on any atom is -0.493 e. The molecule has 8 nitrogen and oxygen atoms in total. The van der Waals surface area contributed by atoms with Crippen LogP contribution in [0.2, 0.25) is 5.15 Å². The van der Waals surface area contributed by atoms with Gasteiger partial charge >= 0.3 is 0 Å². The van der Waals surface area contributed by atoms with Crippen molar-refractivity contribution in [2.75, 3.05) is 14.2 Å². The van der Waals surface area contributed by atoms with Crippen molar-refractivity contribution in [1.29, 1.82) is 0 Å². The molecule has 0 spiro atoms. The van der Waals surface area contributed by atoms with E-state index in [9.17, 15) is 14.9 Å². The molecule has 0 atom stereocenters. The molecule has 1 heterocycles. The van der Waals surface area contributed by atoms with Crippen LogP contribution in [0.4, 0.5) is 5.69 Å². The van der Waals surface area contributed by atoms with Gasteiger partial charge in [0.15, 0.2) is 11.5 Å². The first-order valence-electron chi connectivity index (χ1n) is 6.75. The van der Waals surface area contributed by atoms with Crippen molar-refractivity contribution in [2.45, 2.75) is 6.54 Å². The lowest BCUT2D eigenvalue weighted by atomic mass is 10.1. The molecule has 0 saturated heterocycles. The zero-order valence-electron chi connectivity index (χ0n) is 12.9. The summed E-state index contributed by atoms with van der Waals surface area (Å²) in [6.07, 6.45) is 1.51. The van der Waals surface area contributed by atoms with Crippen molar-refractivity contribution in [2.24, 2.45) is 0 Å². The Hall–Kier alpha value is -2.87. The molecule has 0 radical (unpaired) electrons. The van der Waals surface area contributed by atoms with Gasteiger partial charge in [-0.1, -0.05) is 17.7 Å². The smallest absolute Gasteiger partial charge is 0.286 e. The highest BCUT2D eigenvalue weighted by Gasteiger charge is 2.24. The van der Waals surface area contributed by atoms with Gasteiger partial charge in [0.25, 0.3) is 11.6 Å². The molecule has 1 amide bonds. The van der Waals surface area contributed by atoms with E-state index in [1.54, 1.807) is 12.1 Å². The molecule has 24 heavy (non-hydrogen) atoms. The van der Waals surface area contributed by atoms with Crippen LogP contribution in [0.3, 0.4) is 0 Å². The van der Waals surface area contributed by atoms with Crippen LogP contribution in [0.25, 0.3) is 0 Å². The lowest BCUT2D eigenvalue weighted by Crippen LogP contribution is -2.24. The monoisotopic (exact) mass is 351 g/mol. The number of nitrogens with one attached hydrogen (secondary N) is 1. The number of amides is 1. The Morgan fingerprint density at radius 1 is 1.29 bits per heavy atom. The topological polar surface area (TPSA) is 104 Å². The molecule has 0 unspecified atom stereocenters. The molecule has 0 aliphatic rings. The van der Waals surface area contributed by atoms with E-state index in [0.717, 1.165) is 6.07 Å². The number of hydrogen-bond donors (Lipinski definition) is 1. The zero-order chi connectivity index (χ0) is 17.7. The molecule has 2 aromatic rings. The Balaban J connectivity index is 2.26. The van der Waals surface area contributed by atoms with Gasteiger partial charge < -0.3 is 14.8 Å². The second-order valence-electron chi connectivity index (χ2n) is 4.65. The molecule has 0 fully saturated rings. The summed E-state index contributed by atoms with van der Waals surface area (Å²) in [5, 5.41) is 14.1. The van der Waals surface area contributed by atoms with Crippen molar-refractivity contribution in [1.82, 2.24) is 10.3 Å². The number of nitrogens with zero attached hydrogens (tertiary/aromatic N) is 2. The number of halogens is 1. The highest BCUT2D eigenvalue weighted by molar-refractivity contribution is 6.29. The van der Waals surface area contributed by atoms with E-state index in [-0.39, 0.29) is 29.3 Å². The van der Waals surface area contributed by atoms with Gasteiger partial charge in [-0.15, -0.1) is 0 Å². The predicted octanol–water partition coefficient (Wildman–Crippen LogP) is 2.59. The maximum atomic E-state index is 12.3. The predicted molar refractivity (Wildman–Crippen MR) is 86.6 cm³/mol. The Labute approximate surface area is 142 Å². The zero-order valence-corrected chi connectivity index (χ0v) is 13.7. The maximum Gasteiger partial charge on any atom is 0.286 e. The number of carbonyl (C=O) groups is 1. The molecular weight excluding hydrogens is 338 g/mol. The Bertz CT molecular complexity index is 764. The van der Waals surface area contributed by atoms with Crippen LogP contribution in [-0.4, -0.2) is 30.0 Å². The number of ether oxygens (including phenoxy) is 2. The van der Waals surface area contributed by atoms with Crippen LogP contribution in [0.1, 0.15) is 15.9 Å². The molecule has 0 bridgehead atoms. The average Bonchev–Trinajstić information content (AvgIpc) is 2.59. The number of aromatic nitrogens is 1. The number of rotatable bonds is 6. The first-order chi connectivity index (χ1) is 11.5. The number of nitro benzene ring substituents is 1. The number of nitro groups is 1. The molecule has 9 heteroatoms. The summed E-state index contributed by atoms with van der Waals surface area (Å²) in [5.74, 6) is -0.221. The highest BCUT2D eigenvalue weighted by Crippen LogP contribution is 2.34. The molecule has 126 valence electrons. The van der Waals surface area contributed by atoms with Gasteiger partial charge in [-0.2, -0.15) is 0 Å². The largest absolute Gasteiger partial charge is 0.493 e. The fraction of sp³-hybridized carbons (Fsp3) is 0.200. The van der Waals surface area contributed by atoms with Crippen molar-refractivity contribution in [3.63, 3.8) is 0 Å². The third-order valence-corrected chi connectivity index (χ3v) is 3.41. The maximum absolute atomic E-state index is 12.3. The van der Waals surface area contributed by atoms with Crippen LogP contribution >= 0.6 is 11.6 Å². The van der Waals surface area contributed by atoms with E-state index in [4.69, 9.17) is 21.1 Å². The normalized spacial score (nSPS) is 10.1. The van der Waals surface area contributed by atoms with Gasteiger partial charge in [-0.05, 0) is 11.6 Å². The Kier molecular flexibility index (Phi) is 5.54. The highest BCUT2D eigenvalue weighted by atomic mass is 35.5. The van der Waals surface area contributed by atoms with Crippen LogP contribution in [-0.2, 0) is 6.54 Å². The van der Waals surface area contributed by atoms with E-state index < -0.39 is 10.8 Å². The third-order valence-electron chi connectivity index (χ3n) is 3.18. The van der Waals surface area contributed by atoms with Crippen LogP contribution < -0.4 is 14.8 Å². The van der Waals surface area contributed by atoms with Gasteiger partial charge in [-0.25, -0.2) is 4.98 Å². The van der Waals surface area contributed by atoms with E-state index in [0.29, 0.717) is 10.7 Å². The fourth-order valence-corrected chi connectivity index (χ4v) is 2.10. The quantitative estimate of drug-likeness (QED) is 0.487. The van der Waals surface area contributed by atoms with Crippen molar-refractivity contribution in [3.05, 3.63) is 56.9 Å². The summed E-state index contributed by atoms with van der Waals surface area (Å²) in [7, 11) is 2.74. The summed E-state index contributed by atoms with van der Waals surface area (Å²) < 4.78 is 10.1. The van der Waals surface area contributed by atoms with Gasteiger partial charge in [0.05, 0.1) is 25.2 Å². The number of methoxy groups -OCH3 is 2. The molecule has 0 aliphatic carbocycles. The van der Waals surface area contributed by atoms with E-state index >= 15 is 0 Å². The van der Waals surface area contributed by atoms with Gasteiger partial charge in [-0.3, -0.25) is 14.9 Å². The molecule has 1 aromatic heterocycles. The molecule has 0 saturated carbocycles. The molecule has 1 aromatic carbocycles. The summed E-state index contributed by atoms with van der Waals surface area (Å²) in [6, 6.07) is 5.70. The minimum atomic E-state index is -0.652. The lowest BCUT2D eigenvalue weighted by molar-refractivity contribution is -0.385. The van der Waals surface area contributed by atoms with Crippen molar-refractivity contribution in [3.8, 4) is 11.5 Å². The Morgan fingerprint density at radius 2 is 1.96 bits per heavy atom. The Morgan fingerprint density at radius 3 is 2.50 bits per heavy atom. The number of hydrogen-bond acceptors (Lipinski definition) is 6. The second-order valence-corrected chi connectivity index (χ2v) is 5.04. The second kappa shape index (κ2) is 7.60. The molecule has 1 N–H and O–H groups in total. The number of benzene rings is 1. The van der Waals surface area contributed by atoms with Crippen molar-refractivity contribution >= 4 is 23.2 Å². The summed E-state index contributed by atoms with van der Waals surface area (Å²) >= 11 is 5.69. The van der Waals surface area contributed by atoms with Gasteiger partial charge in [0.2, 0.25) is 0 Å². The van der Waals surface area contributed by atoms with E-state index in [1.165, 1.54) is 26.5 Å². The van der Waals surface area contributed by atoms with Crippen LogP contribution in [0, 0.1) is 10.1 Å². The van der Waals surface area contributed by atoms with Crippen LogP contribution in [0.5, 0.6) is 11.5 Å². The first kappa shape index (κ1) is 17.5. The standard InChI is InChI=1S/C15H14ClN3O5/c1-23-12-5-10(11(19(21)22)6-13(12)24-2)15(20)18-8-9-3-4-14(16)17-7-9/h3-7H,8H2,1-2H3,(H,18,20).